The van der Waals surface area contributed by atoms with Crippen molar-refractivity contribution in [1.82, 2.24) is 4.90 Å². The van der Waals surface area contributed by atoms with E-state index in [1.165, 1.54) is 6.92 Å². The van der Waals surface area contributed by atoms with Crippen molar-refractivity contribution in [2.24, 2.45) is 5.92 Å². The third kappa shape index (κ3) is 2.64. The number of nitro groups is 1. The number of likely N-dealkylation sites (tertiary alicyclic amines) is 1. The third-order valence-electron chi connectivity index (χ3n) is 3.83. The van der Waals surface area contributed by atoms with E-state index in [9.17, 15) is 19.3 Å². The Kier molecular flexibility index (Phi) is 4.01. The van der Waals surface area contributed by atoms with Crippen molar-refractivity contribution in [2.75, 3.05) is 13.1 Å². The van der Waals surface area contributed by atoms with Gasteiger partial charge < -0.3 is 4.90 Å². The molecule has 20 heavy (non-hydrogen) atoms. The van der Waals surface area contributed by atoms with E-state index in [2.05, 4.69) is 6.92 Å². The molecule has 1 aromatic rings. The van der Waals surface area contributed by atoms with Crippen molar-refractivity contribution >= 4 is 11.6 Å². The van der Waals surface area contributed by atoms with Gasteiger partial charge in [-0.25, -0.2) is 4.39 Å². The fourth-order valence-electron chi connectivity index (χ4n) is 2.53. The molecule has 5 nitrogen and oxygen atoms in total. The largest absolute Gasteiger partial charge is 0.338 e. The lowest BCUT2D eigenvalue weighted by atomic mass is 10.1. The maximum atomic E-state index is 14.1. The molecule has 0 aliphatic carbocycles. The Balaban J connectivity index is 2.32. The molecule has 1 atom stereocenters. The second-order valence-corrected chi connectivity index (χ2v) is 5.20. The summed E-state index contributed by atoms with van der Waals surface area (Å²) in [5.41, 5.74) is -0.333. The minimum atomic E-state index is -0.666. The molecule has 0 spiro atoms. The minimum absolute atomic E-state index is 0.119. The van der Waals surface area contributed by atoms with Crippen LogP contribution in [0, 0.1) is 28.8 Å². The molecule has 1 fully saturated rings. The number of carbonyl (C=O) groups excluding carboxylic acids is 1. The van der Waals surface area contributed by atoms with Gasteiger partial charge in [0.1, 0.15) is 5.82 Å². The second kappa shape index (κ2) is 5.56. The lowest BCUT2D eigenvalue weighted by molar-refractivity contribution is -0.385. The number of hydrogen-bond acceptors (Lipinski definition) is 3. The zero-order valence-corrected chi connectivity index (χ0v) is 11.6. The molecule has 1 saturated heterocycles. The monoisotopic (exact) mass is 280 g/mol. The molecule has 2 rings (SSSR count). The summed E-state index contributed by atoms with van der Waals surface area (Å²) in [7, 11) is 0. The van der Waals surface area contributed by atoms with Crippen LogP contribution in [0.4, 0.5) is 10.1 Å². The van der Waals surface area contributed by atoms with Gasteiger partial charge in [0.25, 0.3) is 11.6 Å². The fourth-order valence-corrected chi connectivity index (χ4v) is 2.53. The smallest absolute Gasteiger partial charge is 0.270 e. The van der Waals surface area contributed by atoms with Gasteiger partial charge in [-0.05, 0) is 24.8 Å². The molecule has 0 radical (unpaired) electrons. The first-order valence-corrected chi connectivity index (χ1v) is 6.67. The highest BCUT2D eigenvalue weighted by Crippen LogP contribution is 2.25. The van der Waals surface area contributed by atoms with Crippen LogP contribution in [0.3, 0.4) is 0 Å². The molecule has 1 unspecified atom stereocenters. The van der Waals surface area contributed by atoms with Gasteiger partial charge in [-0.3, -0.25) is 14.9 Å². The van der Waals surface area contributed by atoms with Gasteiger partial charge >= 0.3 is 0 Å². The molecule has 0 bridgehead atoms. The lowest BCUT2D eigenvalue weighted by Gasteiger charge is -2.17. The molecule has 6 heteroatoms. The quantitative estimate of drug-likeness (QED) is 0.631. The average Bonchev–Trinajstić information content (AvgIpc) is 2.89. The van der Waals surface area contributed by atoms with Gasteiger partial charge in [-0.2, -0.15) is 0 Å². The van der Waals surface area contributed by atoms with E-state index in [4.69, 9.17) is 0 Å². The molecular formula is C14H17FN2O3. The van der Waals surface area contributed by atoms with Crippen molar-refractivity contribution in [3.63, 3.8) is 0 Å². The van der Waals surface area contributed by atoms with E-state index < -0.39 is 16.6 Å². The highest BCUT2D eigenvalue weighted by molar-refractivity contribution is 5.95. The third-order valence-corrected chi connectivity index (χ3v) is 3.83. The molecule has 1 amide bonds. The van der Waals surface area contributed by atoms with Crippen LogP contribution in [0.15, 0.2) is 12.1 Å². The first kappa shape index (κ1) is 14.4. The Labute approximate surface area is 116 Å². The molecule has 1 heterocycles. The molecule has 108 valence electrons. The van der Waals surface area contributed by atoms with E-state index in [0.717, 1.165) is 25.0 Å². The van der Waals surface area contributed by atoms with E-state index in [-0.39, 0.29) is 16.8 Å². The molecule has 1 aliphatic rings. The van der Waals surface area contributed by atoms with Gasteiger partial charge in [-0.1, -0.05) is 13.3 Å². The van der Waals surface area contributed by atoms with Gasteiger partial charge in [0.05, 0.1) is 10.5 Å². The number of nitro benzene ring substituents is 1. The summed E-state index contributed by atoms with van der Waals surface area (Å²) >= 11 is 0. The fraction of sp³-hybridized carbons (Fsp3) is 0.500. The number of halogens is 1. The summed E-state index contributed by atoms with van der Waals surface area (Å²) in [5.74, 6) is -0.687. The number of hydrogen-bond donors (Lipinski definition) is 0. The predicted molar refractivity (Wildman–Crippen MR) is 72.1 cm³/mol. The van der Waals surface area contributed by atoms with Crippen molar-refractivity contribution in [2.45, 2.75) is 26.7 Å². The van der Waals surface area contributed by atoms with Crippen molar-refractivity contribution in [3.05, 3.63) is 39.2 Å². The second-order valence-electron chi connectivity index (χ2n) is 5.20. The maximum Gasteiger partial charge on any atom is 0.270 e. The SMILES string of the molecule is CCC1CCN(C(=O)c2cc([N+](=O)[O-])cc(C)c2F)C1. The highest BCUT2D eigenvalue weighted by atomic mass is 19.1. The van der Waals surface area contributed by atoms with Gasteiger partial charge in [-0.15, -0.1) is 0 Å². The summed E-state index contributed by atoms with van der Waals surface area (Å²) in [6, 6.07) is 2.18. The zero-order valence-electron chi connectivity index (χ0n) is 11.6. The standard InChI is InChI=1S/C14H17FN2O3/c1-3-10-4-5-16(8-10)14(18)12-7-11(17(19)20)6-9(2)13(12)15/h6-7,10H,3-5,8H2,1-2H3. The Morgan fingerprint density at radius 2 is 2.25 bits per heavy atom. The lowest BCUT2D eigenvalue weighted by Crippen LogP contribution is -2.29. The first-order chi connectivity index (χ1) is 9.43. The highest BCUT2D eigenvalue weighted by Gasteiger charge is 2.29. The number of amides is 1. The van der Waals surface area contributed by atoms with Crippen LogP contribution >= 0.6 is 0 Å². The average molecular weight is 280 g/mol. The maximum absolute atomic E-state index is 14.1. The number of carbonyl (C=O) groups is 1. The van der Waals surface area contributed by atoms with Crippen LogP contribution < -0.4 is 0 Å². The Bertz CT molecular complexity index is 560. The van der Waals surface area contributed by atoms with Gasteiger partial charge in [0.2, 0.25) is 0 Å². The number of benzene rings is 1. The summed E-state index contributed by atoms with van der Waals surface area (Å²) in [4.78, 5) is 24.1. The van der Waals surface area contributed by atoms with Crippen LogP contribution in [0.25, 0.3) is 0 Å². The van der Waals surface area contributed by atoms with Gasteiger partial charge in [0, 0.05) is 25.2 Å². The normalized spacial score (nSPS) is 18.4. The van der Waals surface area contributed by atoms with Crippen molar-refractivity contribution in [3.8, 4) is 0 Å². The van der Waals surface area contributed by atoms with E-state index >= 15 is 0 Å². The number of aryl methyl sites for hydroxylation is 1. The molecule has 0 aromatic heterocycles. The summed E-state index contributed by atoms with van der Waals surface area (Å²) in [6.07, 6.45) is 1.87. The van der Waals surface area contributed by atoms with Gasteiger partial charge in [0.15, 0.2) is 0 Å². The number of rotatable bonds is 3. The molecule has 1 aromatic carbocycles. The molecule has 1 aliphatic heterocycles. The van der Waals surface area contributed by atoms with Crippen LogP contribution in [0.2, 0.25) is 0 Å². The molecule has 0 N–H and O–H groups in total. The van der Waals surface area contributed by atoms with E-state index in [1.54, 1.807) is 4.90 Å². The van der Waals surface area contributed by atoms with Crippen LogP contribution in [-0.2, 0) is 0 Å². The zero-order chi connectivity index (χ0) is 14.9. The predicted octanol–water partition coefficient (Wildman–Crippen LogP) is 2.91. The van der Waals surface area contributed by atoms with E-state index in [1.807, 2.05) is 0 Å². The summed E-state index contributed by atoms with van der Waals surface area (Å²) in [6.45, 7) is 4.66. The Morgan fingerprint density at radius 1 is 1.55 bits per heavy atom. The first-order valence-electron chi connectivity index (χ1n) is 6.67. The van der Waals surface area contributed by atoms with Crippen LogP contribution in [0.1, 0.15) is 35.7 Å². The van der Waals surface area contributed by atoms with Crippen LogP contribution in [0.5, 0.6) is 0 Å². The topological polar surface area (TPSA) is 63.5 Å². The molecular weight excluding hydrogens is 263 g/mol. The summed E-state index contributed by atoms with van der Waals surface area (Å²) in [5, 5.41) is 10.8. The number of non-ortho nitro benzene ring substituents is 1. The van der Waals surface area contributed by atoms with E-state index in [0.29, 0.717) is 19.0 Å². The number of nitrogens with zero attached hydrogens (tertiary/aromatic N) is 2. The summed E-state index contributed by atoms with van der Waals surface area (Å²) < 4.78 is 14.1. The van der Waals surface area contributed by atoms with Crippen molar-refractivity contribution in [1.29, 1.82) is 0 Å². The Hall–Kier alpha value is -1.98. The van der Waals surface area contributed by atoms with Crippen LogP contribution in [-0.4, -0.2) is 28.8 Å². The van der Waals surface area contributed by atoms with Crippen molar-refractivity contribution < 1.29 is 14.1 Å². The molecule has 0 saturated carbocycles. The minimum Gasteiger partial charge on any atom is -0.338 e. The Morgan fingerprint density at radius 3 is 2.80 bits per heavy atom.